The Morgan fingerprint density at radius 2 is 1.23 bits per heavy atom. The van der Waals surface area contributed by atoms with Gasteiger partial charge >= 0.3 is 0 Å². The second kappa shape index (κ2) is 15.4. The molecule has 4 aromatic rings. The van der Waals surface area contributed by atoms with Gasteiger partial charge in [-0.25, -0.2) is 24.3 Å². The third-order valence-electron chi connectivity index (χ3n) is 4.40. The van der Waals surface area contributed by atoms with Gasteiger partial charge in [0, 0.05) is 24.3 Å². The summed E-state index contributed by atoms with van der Waals surface area (Å²) in [5.74, 6) is 1.99. The molecule has 0 aliphatic carbocycles. The summed E-state index contributed by atoms with van der Waals surface area (Å²) < 4.78 is 37.7. The van der Waals surface area contributed by atoms with E-state index in [1.54, 1.807) is 24.3 Å². The number of rotatable bonds is 6. The molecule has 0 aliphatic rings. The van der Waals surface area contributed by atoms with Gasteiger partial charge in [-0.2, -0.15) is 10.5 Å². The Balaban J connectivity index is 0.000000226. The molecule has 13 heteroatoms. The van der Waals surface area contributed by atoms with Gasteiger partial charge in [-0.15, -0.1) is 0 Å². The minimum atomic E-state index is -0.563. The number of methoxy groups -OCH3 is 4. The van der Waals surface area contributed by atoms with Crippen molar-refractivity contribution in [1.29, 1.82) is 10.5 Å². The van der Waals surface area contributed by atoms with Crippen LogP contribution in [0.5, 0.6) is 40.5 Å². The summed E-state index contributed by atoms with van der Waals surface area (Å²) in [7, 11) is 5.89. The van der Waals surface area contributed by atoms with Gasteiger partial charge < -0.3 is 28.8 Å². The van der Waals surface area contributed by atoms with E-state index >= 15 is 0 Å². The number of nitrogens with zero attached hydrogens (tertiary/aromatic N) is 6. The number of aromatic hydroxyl groups is 1. The molecule has 1 N–H and O–H groups in total. The van der Waals surface area contributed by atoms with Crippen LogP contribution in [0.1, 0.15) is 11.4 Å². The number of ether oxygens (including phenoxy) is 5. The monoisotopic (exact) mass is 534 g/mol. The molecule has 0 saturated heterocycles. The van der Waals surface area contributed by atoms with Crippen molar-refractivity contribution in [2.24, 2.45) is 0 Å². The highest BCUT2D eigenvalue weighted by Gasteiger charge is 2.08. The van der Waals surface area contributed by atoms with Crippen molar-refractivity contribution >= 4 is 0 Å². The van der Waals surface area contributed by atoms with Crippen molar-refractivity contribution in [2.45, 2.75) is 0 Å². The number of hydrogen-bond acceptors (Lipinski definition) is 12. The smallest absolute Gasteiger partial charge is 0.213 e. The summed E-state index contributed by atoms with van der Waals surface area (Å²) in [6.45, 7) is 0. The van der Waals surface area contributed by atoms with Gasteiger partial charge in [-0.05, 0) is 12.1 Å². The first-order chi connectivity index (χ1) is 18.9. The quantitative estimate of drug-likeness (QED) is 0.377. The highest BCUT2D eigenvalue weighted by molar-refractivity contribution is 5.44. The molecule has 4 rings (SSSR count). The van der Waals surface area contributed by atoms with Gasteiger partial charge in [0.1, 0.15) is 35.0 Å². The zero-order valence-corrected chi connectivity index (χ0v) is 21.3. The first-order valence-electron chi connectivity index (χ1n) is 10.8. The molecule has 0 aliphatic heterocycles. The largest absolute Gasteiger partial charge is 0.506 e. The maximum atomic E-state index is 12.6. The molecule has 0 aromatic carbocycles. The molecule has 0 atom stereocenters. The summed E-state index contributed by atoms with van der Waals surface area (Å²) >= 11 is 0. The Morgan fingerprint density at radius 3 is 1.72 bits per heavy atom. The van der Waals surface area contributed by atoms with Gasteiger partial charge in [0.15, 0.2) is 23.1 Å². The normalized spacial score (nSPS) is 9.21. The van der Waals surface area contributed by atoms with E-state index in [1.807, 2.05) is 6.07 Å². The maximum Gasteiger partial charge on any atom is 0.213 e. The predicted octanol–water partition coefficient (Wildman–Crippen LogP) is 4.05. The maximum absolute atomic E-state index is 12.6. The van der Waals surface area contributed by atoms with Gasteiger partial charge in [0.25, 0.3) is 0 Å². The zero-order chi connectivity index (χ0) is 28.6. The van der Waals surface area contributed by atoms with E-state index in [0.29, 0.717) is 29.0 Å². The first-order valence-corrected chi connectivity index (χ1v) is 10.8. The Morgan fingerprint density at radius 1 is 0.667 bits per heavy atom. The lowest BCUT2D eigenvalue weighted by Gasteiger charge is -2.09. The Kier molecular flexibility index (Phi) is 11.7. The minimum absolute atomic E-state index is 0.0385. The summed E-state index contributed by atoms with van der Waals surface area (Å²) in [4.78, 5) is 15.2. The van der Waals surface area contributed by atoms with Gasteiger partial charge in [0.2, 0.25) is 11.8 Å². The van der Waals surface area contributed by atoms with Crippen molar-refractivity contribution in [3.05, 3.63) is 78.4 Å². The molecule has 0 unspecified atom stereocenters. The molecule has 12 nitrogen and oxygen atoms in total. The molecule has 0 amide bonds. The highest BCUT2D eigenvalue weighted by atomic mass is 19.1. The molecule has 0 radical (unpaired) electrons. The lowest BCUT2D eigenvalue weighted by molar-refractivity contribution is 0.374. The van der Waals surface area contributed by atoms with Crippen LogP contribution in [0.25, 0.3) is 0 Å². The van der Waals surface area contributed by atoms with E-state index < -0.39 is 5.82 Å². The standard InChI is InChI=1S/C13H11N3O3.C7H5FN2O.C6H7NO2/c1-17-11-5-9(6-14)15-8-12(11)19-10-3-4-13(18-2)16-7-10;1-11-7-2-5(3-9)10-4-6(7)8;1-9-6-3-2-5(8)4-7-6/h3-5,7-8H,1-2H3;2,4H,1H3;2-4,8H,1H3. The number of pyridine rings is 4. The van der Waals surface area contributed by atoms with Crippen LogP contribution in [-0.4, -0.2) is 53.5 Å². The molecular formula is C26H23FN6O6. The third-order valence-corrected chi connectivity index (χ3v) is 4.40. The van der Waals surface area contributed by atoms with Crippen molar-refractivity contribution in [2.75, 3.05) is 28.4 Å². The lowest BCUT2D eigenvalue weighted by atomic mass is 10.3. The van der Waals surface area contributed by atoms with Crippen LogP contribution in [0.3, 0.4) is 0 Å². The topological polar surface area (TPSA) is 166 Å². The number of aromatic nitrogens is 4. The van der Waals surface area contributed by atoms with Gasteiger partial charge in [-0.1, -0.05) is 0 Å². The fourth-order valence-corrected chi connectivity index (χ4v) is 2.53. The number of nitriles is 2. The molecule has 200 valence electrons. The molecule has 0 spiro atoms. The van der Waals surface area contributed by atoms with Crippen LogP contribution in [0.2, 0.25) is 0 Å². The van der Waals surface area contributed by atoms with E-state index in [9.17, 15) is 4.39 Å². The van der Waals surface area contributed by atoms with E-state index in [1.165, 1.54) is 65.2 Å². The Labute approximate surface area is 223 Å². The SMILES string of the molecule is COc1cc(C#N)ncc1F.COc1ccc(O)cn1.COc1ccc(Oc2cnc(C#N)cc2OC)cn1. The van der Waals surface area contributed by atoms with Gasteiger partial charge in [-0.3, -0.25) is 0 Å². The fourth-order valence-electron chi connectivity index (χ4n) is 2.53. The van der Waals surface area contributed by atoms with Crippen LogP contribution >= 0.6 is 0 Å². The second-order valence-electron chi connectivity index (χ2n) is 6.85. The average molecular weight is 535 g/mol. The van der Waals surface area contributed by atoms with Crippen molar-refractivity contribution in [3.63, 3.8) is 0 Å². The Bertz CT molecular complexity index is 1420. The van der Waals surface area contributed by atoms with E-state index in [2.05, 4.69) is 24.7 Å². The highest BCUT2D eigenvalue weighted by Crippen LogP contribution is 2.31. The molecule has 4 aromatic heterocycles. The fraction of sp³-hybridized carbons (Fsp3) is 0.154. The van der Waals surface area contributed by atoms with Gasteiger partial charge in [0.05, 0.1) is 53.2 Å². The van der Waals surface area contributed by atoms with Crippen LogP contribution < -0.4 is 23.7 Å². The summed E-state index contributed by atoms with van der Waals surface area (Å²) in [6, 6.07) is 13.0. The number of hydrogen-bond donors (Lipinski definition) is 1. The second-order valence-corrected chi connectivity index (χ2v) is 6.85. The van der Waals surface area contributed by atoms with Crippen molar-refractivity contribution < 1.29 is 33.2 Å². The zero-order valence-electron chi connectivity index (χ0n) is 21.3. The van der Waals surface area contributed by atoms with Crippen molar-refractivity contribution in [1.82, 2.24) is 19.9 Å². The molecule has 0 bridgehead atoms. The minimum Gasteiger partial charge on any atom is -0.506 e. The van der Waals surface area contributed by atoms with E-state index in [-0.39, 0.29) is 22.9 Å². The predicted molar refractivity (Wildman–Crippen MR) is 134 cm³/mol. The first kappa shape index (κ1) is 29.5. The van der Waals surface area contributed by atoms with Crippen LogP contribution in [0.4, 0.5) is 4.39 Å². The summed E-state index contributed by atoms with van der Waals surface area (Å²) in [5, 5.41) is 25.9. The van der Waals surface area contributed by atoms with E-state index in [0.717, 1.165) is 6.20 Å². The number of halogens is 1. The lowest BCUT2D eigenvalue weighted by Crippen LogP contribution is -1.94. The van der Waals surface area contributed by atoms with Crippen molar-refractivity contribution in [3.8, 4) is 52.6 Å². The molecular weight excluding hydrogens is 511 g/mol. The molecule has 39 heavy (non-hydrogen) atoms. The van der Waals surface area contributed by atoms with Crippen LogP contribution in [0, 0.1) is 28.5 Å². The van der Waals surface area contributed by atoms with Crippen LogP contribution in [-0.2, 0) is 0 Å². The van der Waals surface area contributed by atoms with Crippen LogP contribution in [0.15, 0.2) is 61.2 Å². The summed E-state index contributed by atoms with van der Waals surface area (Å²) in [5.41, 5.74) is 0.403. The molecule has 0 fully saturated rings. The Hall–Kier alpha value is -5.69. The third kappa shape index (κ3) is 9.36. The summed E-state index contributed by atoms with van der Waals surface area (Å²) in [6.07, 6.45) is 5.24. The molecule has 4 heterocycles. The van der Waals surface area contributed by atoms with E-state index in [4.69, 9.17) is 34.6 Å². The average Bonchev–Trinajstić information content (AvgIpc) is 2.99. The molecule has 0 saturated carbocycles.